The van der Waals surface area contributed by atoms with Crippen LogP contribution in [-0.2, 0) is 29.2 Å². The van der Waals surface area contributed by atoms with Gasteiger partial charge in [-0.2, -0.15) is 0 Å². The maximum Gasteiger partial charge on any atom is 0.253 e. The van der Waals surface area contributed by atoms with E-state index in [2.05, 4.69) is 10.3 Å². The van der Waals surface area contributed by atoms with E-state index in [4.69, 9.17) is 9.47 Å². The molecule has 2 aliphatic heterocycles. The molecule has 0 radical (unpaired) electrons. The molecule has 1 aromatic carbocycles. The average molecular weight is 356 g/mol. The molecule has 3 heterocycles. The van der Waals surface area contributed by atoms with Gasteiger partial charge in [0.15, 0.2) is 0 Å². The third-order valence-corrected chi connectivity index (χ3v) is 5.38. The minimum atomic E-state index is -0.256. The summed E-state index contributed by atoms with van der Waals surface area (Å²) in [4.78, 5) is 14.7. The van der Waals surface area contributed by atoms with Crippen molar-refractivity contribution in [2.45, 2.75) is 45.1 Å². The van der Waals surface area contributed by atoms with Crippen molar-refractivity contribution < 1.29 is 14.3 Å². The number of rotatable bonds is 3. The zero-order chi connectivity index (χ0) is 18.1. The molecule has 2 aromatic rings. The molecule has 138 valence electrons. The van der Waals surface area contributed by atoms with Gasteiger partial charge in [-0.1, -0.05) is 22.9 Å². The van der Waals surface area contributed by atoms with Gasteiger partial charge in [0.05, 0.1) is 31.1 Å². The van der Waals surface area contributed by atoms with Gasteiger partial charge in [0, 0.05) is 25.8 Å². The molecule has 1 fully saturated rings. The first kappa shape index (κ1) is 17.2. The largest absolute Gasteiger partial charge is 0.378 e. The van der Waals surface area contributed by atoms with E-state index >= 15 is 0 Å². The van der Waals surface area contributed by atoms with Crippen molar-refractivity contribution in [3.63, 3.8) is 0 Å². The van der Waals surface area contributed by atoms with Gasteiger partial charge in [-0.25, -0.2) is 4.68 Å². The van der Waals surface area contributed by atoms with Crippen LogP contribution in [0.1, 0.15) is 40.2 Å². The molecule has 0 atom stereocenters. The van der Waals surface area contributed by atoms with Crippen molar-refractivity contribution in [3.05, 3.63) is 46.8 Å². The summed E-state index contributed by atoms with van der Waals surface area (Å²) >= 11 is 0. The fourth-order valence-electron chi connectivity index (χ4n) is 3.82. The van der Waals surface area contributed by atoms with Gasteiger partial charge in [0.1, 0.15) is 5.69 Å². The van der Waals surface area contributed by atoms with Gasteiger partial charge in [-0.15, -0.1) is 5.10 Å². The summed E-state index contributed by atoms with van der Waals surface area (Å²) in [5, 5.41) is 8.46. The normalized spacial score (nSPS) is 18.8. The average Bonchev–Trinajstić information content (AvgIpc) is 3.04. The zero-order valence-corrected chi connectivity index (χ0v) is 15.3. The highest BCUT2D eigenvalue weighted by Gasteiger charge is 2.41. The number of likely N-dealkylation sites (tertiary alicyclic amines) is 1. The summed E-state index contributed by atoms with van der Waals surface area (Å²) in [6.07, 6.45) is 1.62. The molecule has 0 bridgehead atoms. The molecule has 4 rings (SSSR count). The summed E-state index contributed by atoms with van der Waals surface area (Å²) in [6.45, 7) is 5.03. The van der Waals surface area contributed by atoms with Crippen LogP contribution in [0.4, 0.5) is 0 Å². The third kappa shape index (κ3) is 3.12. The minimum absolute atomic E-state index is 0.100. The fourth-order valence-corrected chi connectivity index (χ4v) is 3.82. The van der Waals surface area contributed by atoms with E-state index in [0.29, 0.717) is 32.8 Å². The molecule has 0 N–H and O–H groups in total. The molecule has 1 spiro atoms. The van der Waals surface area contributed by atoms with Crippen LogP contribution >= 0.6 is 0 Å². The number of hydrogen-bond donors (Lipinski definition) is 0. The van der Waals surface area contributed by atoms with Crippen LogP contribution in [0.2, 0.25) is 0 Å². The molecule has 7 nitrogen and oxygen atoms in total. The van der Waals surface area contributed by atoms with E-state index in [-0.39, 0.29) is 11.5 Å². The molecule has 2 aliphatic rings. The lowest BCUT2D eigenvalue weighted by atomic mass is 9.89. The predicted octanol–water partition coefficient (Wildman–Crippen LogP) is 1.94. The Morgan fingerprint density at radius 1 is 1.35 bits per heavy atom. The molecule has 1 amide bonds. The molecule has 7 heteroatoms. The maximum atomic E-state index is 12.7. The van der Waals surface area contributed by atoms with Crippen molar-refractivity contribution in [1.82, 2.24) is 19.9 Å². The van der Waals surface area contributed by atoms with Gasteiger partial charge in [0.2, 0.25) is 0 Å². The lowest BCUT2D eigenvalue weighted by Gasteiger charge is -2.43. The van der Waals surface area contributed by atoms with Gasteiger partial charge in [-0.3, -0.25) is 4.79 Å². The SMILES string of the molecule is COCc1nnn2c1COC1(CCN(C(=O)c3cccc(C)c3)CC1)C2. The second-order valence-corrected chi connectivity index (χ2v) is 7.21. The van der Waals surface area contributed by atoms with Crippen LogP contribution < -0.4 is 0 Å². The Morgan fingerprint density at radius 2 is 2.15 bits per heavy atom. The van der Waals surface area contributed by atoms with E-state index < -0.39 is 0 Å². The van der Waals surface area contributed by atoms with Crippen LogP contribution in [0.5, 0.6) is 0 Å². The second kappa shape index (κ2) is 6.81. The predicted molar refractivity (Wildman–Crippen MR) is 94.6 cm³/mol. The van der Waals surface area contributed by atoms with E-state index in [9.17, 15) is 4.79 Å². The van der Waals surface area contributed by atoms with Gasteiger partial charge >= 0.3 is 0 Å². The number of carbonyl (C=O) groups excluding carboxylic acids is 1. The van der Waals surface area contributed by atoms with Crippen molar-refractivity contribution in [3.8, 4) is 0 Å². The van der Waals surface area contributed by atoms with Crippen LogP contribution in [-0.4, -0.2) is 51.6 Å². The lowest BCUT2D eigenvalue weighted by molar-refractivity contribution is -0.120. The highest BCUT2D eigenvalue weighted by Crippen LogP contribution is 2.34. The van der Waals surface area contributed by atoms with Crippen molar-refractivity contribution in [2.75, 3.05) is 20.2 Å². The molecule has 26 heavy (non-hydrogen) atoms. The number of benzene rings is 1. The Balaban J connectivity index is 1.42. The highest BCUT2D eigenvalue weighted by molar-refractivity contribution is 5.94. The molecular formula is C19H24N4O3. The number of carbonyl (C=O) groups is 1. The summed E-state index contributed by atoms with van der Waals surface area (Å²) < 4.78 is 13.3. The van der Waals surface area contributed by atoms with Crippen LogP contribution in [0.3, 0.4) is 0 Å². The van der Waals surface area contributed by atoms with Crippen LogP contribution in [0.15, 0.2) is 24.3 Å². The van der Waals surface area contributed by atoms with E-state index in [0.717, 1.165) is 35.4 Å². The molecule has 1 aromatic heterocycles. The third-order valence-electron chi connectivity index (χ3n) is 5.38. The number of aromatic nitrogens is 3. The standard InChI is InChI=1S/C19H24N4O3/c1-14-4-3-5-15(10-14)18(24)22-8-6-19(7-9-22)13-23-17(12-26-19)16(11-25-2)20-21-23/h3-5,10H,6-9,11-13H2,1-2H3. The van der Waals surface area contributed by atoms with Gasteiger partial charge < -0.3 is 14.4 Å². The Kier molecular flexibility index (Phi) is 4.50. The molecule has 1 saturated heterocycles. The molecule has 0 unspecified atom stereocenters. The van der Waals surface area contributed by atoms with E-state index in [1.165, 1.54) is 0 Å². The molecular weight excluding hydrogens is 332 g/mol. The fraction of sp³-hybridized carbons (Fsp3) is 0.526. The highest BCUT2D eigenvalue weighted by atomic mass is 16.5. The first-order valence-corrected chi connectivity index (χ1v) is 9.00. The molecule has 0 saturated carbocycles. The van der Waals surface area contributed by atoms with Crippen molar-refractivity contribution in [2.24, 2.45) is 0 Å². The summed E-state index contributed by atoms with van der Waals surface area (Å²) in [6, 6.07) is 7.77. The number of nitrogens with zero attached hydrogens (tertiary/aromatic N) is 4. The number of amides is 1. The maximum absolute atomic E-state index is 12.7. The van der Waals surface area contributed by atoms with Gasteiger partial charge in [-0.05, 0) is 31.9 Å². The van der Waals surface area contributed by atoms with Crippen molar-refractivity contribution >= 4 is 5.91 Å². The number of hydrogen-bond acceptors (Lipinski definition) is 5. The summed E-state index contributed by atoms with van der Waals surface area (Å²) in [5.41, 5.74) is 3.44. The Labute approximate surface area is 152 Å². The first-order valence-electron chi connectivity index (χ1n) is 9.00. The Bertz CT molecular complexity index is 809. The van der Waals surface area contributed by atoms with E-state index in [1.54, 1.807) is 7.11 Å². The lowest BCUT2D eigenvalue weighted by Crippen LogP contribution is -2.52. The van der Waals surface area contributed by atoms with E-state index in [1.807, 2.05) is 40.8 Å². The number of fused-ring (bicyclic) bond motifs is 1. The number of methoxy groups -OCH3 is 1. The Hall–Kier alpha value is -2.25. The smallest absolute Gasteiger partial charge is 0.253 e. The second-order valence-electron chi connectivity index (χ2n) is 7.21. The molecule has 0 aliphatic carbocycles. The number of aryl methyl sites for hydroxylation is 1. The monoisotopic (exact) mass is 356 g/mol. The van der Waals surface area contributed by atoms with Gasteiger partial charge in [0.25, 0.3) is 5.91 Å². The van der Waals surface area contributed by atoms with Crippen LogP contribution in [0, 0.1) is 6.92 Å². The zero-order valence-electron chi connectivity index (χ0n) is 15.3. The summed E-state index contributed by atoms with van der Waals surface area (Å²) in [5.74, 6) is 0.100. The first-order chi connectivity index (χ1) is 12.6. The minimum Gasteiger partial charge on any atom is -0.378 e. The topological polar surface area (TPSA) is 69.5 Å². The number of piperidine rings is 1. The summed E-state index contributed by atoms with van der Waals surface area (Å²) in [7, 11) is 1.65. The number of ether oxygens (including phenoxy) is 2. The van der Waals surface area contributed by atoms with Crippen LogP contribution in [0.25, 0.3) is 0 Å². The Morgan fingerprint density at radius 3 is 2.88 bits per heavy atom. The van der Waals surface area contributed by atoms with Crippen molar-refractivity contribution in [1.29, 1.82) is 0 Å². The quantitative estimate of drug-likeness (QED) is 0.841.